The molecule has 1 N–H and O–H groups in total. The summed E-state index contributed by atoms with van der Waals surface area (Å²) in [5.41, 5.74) is 3.27. The summed E-state index contributed by atoms with van der Waals surface area (Å²) in [4.78, 5) is 0. The smallest absolute Gasteiger partial charge is 0.00201 e. The van der Waals surface area contributed by atoms with Gasteiger partial charge < -0.3 is 5.32 Å². The number of rotatable bonds is 2. The number of hydrogen-bond acceptors (Lipinski definition) is 1. The lowest BCUT2D eigenvalue weighted by Crippen LogP contribution is -2.35. The molecule has 3 atom stereocenters. The van der Waals surface area contributed by atoms with Crippen molar-refractivity contribution in [3.63, 3.8) is 0 Å². The van der Waals surface area contributed by atoms with Crippen LogP contribution in [0.3, 0.4) is 0 Å². The molecule has 1 fully saturated rings. The average Bonchev–Trinajstić information content (AvgIpc) is 2.39. The summed E-state index contributed by atoms with van der Waals surface area (Å²) in [5, 5.41) is 3.60. The van der Waals surface area contributed by atoms with Crippen LogP contribution in [0.4, 0.5) is 0 Å². The second kappa shape index (κ2) is 5.44. The van der Waals surface area contributed by atoms with Crippen LogP contribution in [0.2, 0.25) is 0 Å². The Hall–Kier alpha value is -0.820. The van der Waals surface area contributed by atoms with Crippen molar-refractivity contribution in [2.24, 2.45) is 11.8 Å². The number of aryl methyl sites for hydroxylation is 1. The molecular weight excluding hydrogens is 218 g/mol. The maximum Gasteiger partial charge on any atom is -0.00201 e. The van der Waals surface area contributed by atoms with Crippen molar-refractivity contribution in [2.75, 3.05) is 13.1 Å². The molecule has 3 unspecified atom stereocenters. The van der Waals surface area contributed by atoms with Crippen molar-refractivity contribution in [1.82, 2.24) is 5.32 Å². The van der Waals surface area contributed by atoms with Gasteiger partial charge >= 0.3 is 0 Å². The Balaban J connectivity index is 1.70. The predicted octanol–water partition coefficient (Wildman–Crippen LogP) is 3.74. The van der Waals surface area contributed by atoms with Crippen LogP contribution in [0.15, 0.2) is 24.3 Å². The van der Waals surface area contributed by atoms with Crippen molar-refractivity contribution in [1.29, 1.82) is 0 Å². The molecule has 0 spiro atoms. The van der Waals surface area contributed by atoms with E-state index in [0.717, 1.165) is 17.8 Å². The number of piperidine rings is 1. The standard InChI is InChI=1S/C17H25N/c1-13-9-14(12-18-11-13)10-16-7-4-6-15-5-2-3-8-17(15)16/h2-3,5,8,13-14,16,18H,4,6-7,9-12H2,1H3. The zero-order chi connectivity index (χ0) is 12.4. The van der Waals surface area contributed by atoms with Gasteiger partial charge in [0.2, 0.25) is 0 Å². The average molecular weight is 243 g/mol. The van der Waals surface area contributed by atoms with Gasteiger partial charge in [0.05, 0.1) is 0 Å². The largest absolute Gasteiger partial charge is 0.316 e. The zero-order valence-corrected chi connectivity index (χ0v) is 11.5. The second-order valence-electron chi connectivity index (χ2n) is 6.39. The third kappa shape index (κ3) is 2.61. The fraction of sp³-hybridized carbons (Fsp3) is 0.647. The van der Waals surface area contributed by atoms with Crippen LogP contribution in [-0.2, 0) is 6.42 Å². The minimum Gasteiger partial charge on any atom is -0.316 e. The summed E-state index contributed by atoms with van der Waals surface area (Å²) in [6.45, 7) is 4.84. The minimum atomic E-state index is 0.826. The normalized spacial score (nSPS) is 31.9. The highest BCUT2D eigenvalue weighted by Gasteiger charge is 2.25. The summed E-state index contributed by atoms with van der Waals surface area (Å²) in [7, 11) is 0. The molecule has 0 aromatic heterocycles. The minimum absolute atomic E-state index is 0.826. The molecule has 1 aliphatic carbocycles. The van der Waals surface area contributed by atoms with Gasteiger partial charge in [0.1, 0.15) is 0 Å². The van der Waals surface area contributed by atoms with Gasteiger partial charge in [-0.25, -0.2) is 0 Å². The third-order valence-electron chi connectivity index (χ3n) is 4.77. The van der Waals surface area contributed by atoms with E-state index in [1.807, 2.05) is 0 Å². The first-order chi connectivity index (χ1) is 8.83. The van der Waals surface area contributed by atoms with E-state index in [1.54, 1.807) is 11.1 Å². The van der Waals surface area contributed by atoms with Crippen LogP contribution in [0.25, 0.3) is 0 Å². The molecule has 1 heterocycles. The first kappa shape index (κ1) is 12.2. The van der Waals surface area contributed by atoms with E-state index in [4.69, 9.17) is 0 Å². The molecule has 18 heavy (non-hydrogen) atoms. The molecule has 1 heteroatoms. The Morgan fingerprint density at radius 3 is 3.00 bits per heavy atom. The van der Waals surface area contributed by atoms with Crippen LogP contribution in [0, 0.1) is 11.8 Å². The summed E-state index contributed by atoms with van der Waals surface area (Å²) in [6.07, 6.45) is 6.91. The van der Waals surface area contributed by atoms with Gasteiger partial charge in [0.25, 0.3) is 0 Å². The van der Waals surface area contributed by atoms with E-state index in [2.05, 4.69) is 36.5 Å². The van der Waals surface area contributed by atoms with Gasteiger partial charge in [0, 0.05) is 0 Å². The van der Waals surface area contributed by atoms with Crippen molar-refractivity contribution < 1.29 is 0 Å². The second-order valence-corrected chi connectivity index (χ2v) is 6.39. The molecule has 0 amide bonds. The number of hydrogen-bond donors (Lipinski definition) is 1. The first-order valence-corrected chi connectivity index (χ1v) is 7.61. The van der Waals surface area contributed by atoms with Crippen molar-refractivity contribution in [3.05, 3.63) is 35.4 Å². The molecule has 0 saturated carbocycles. The molecule has 1 aromatic carbocycles. The van der Waals surface area contributed by atoms with E-state index in [-0.39, 0.29) is 0 Å². The number of nitrogens with one attached hydrogen (secondary N) is 1. The molecule has 2 aliphatic rings. The van der Waals surface area contributed by atoms with Gasteiger partial charge in [-0.2, -0.15) is 0 Å². The van der Waals surface area contributed by atoms with Gasteiger partial charge in [0.15, 0.2) is 0 Å². The van der Waals surface area contributed by atoms with Crippen LogP contribution in [-0.4, -0.2) is 13.1 Å². The molecule has 0 radical (unpaired) electrons. The highest BCUT2D eigenvalue weighted by atomic mass is 14.9. The van der Waals surface area contributed by atoms with Gasteiger partial charge in [-0.3, -0.25) is 0 Å². The molecular formula is C17H25N. The van der Waals surface area contributed by atoms with E-state index in [0.29, 0.717) is 0 Å². The molecule has 1 aliphatic heterocycles. The fourth-order valence-corrected chi connectivity index (χ4v) is 3.95. The number of benzene rings is 1. The quantitative estimate of drug-likeness (QED) is 0.834. The third-order valence-corrected chi connectivity index (χ3v) is 4.77. The van der Waals surface area contributed by atoms with Gasteiger partial charge in [-0.05, 0) is 74.1 Å². The van der Waals surface area contributed by atoms with E-state index in [9.17, 15) is 0 Å². The first-order valence-electron chi connectivity index (χ1n) is 7.61. The van der Waals surface area contributed by atoms with Crippen molar-refractivity contribution in [3.8, 4) is 0 Å². The monoisotopic (exact) mass is 243 g/mol. The molecule has 1 aromatic rings. The molecule has 3 rings (SSSR count). The fourth-order valence-electron chi connectivity index (χ4n) is 3.95. The molecule has 1 saturated heterocycles. The molecule has 98 valence electrons. The van der Waals surface area contributed by atoms with E-state index >= 15 is 0 Å². The van der Waals surface area contributed by atoms with Gasteiger partial charge in [-0.1, -0.05) is 31.2 Å². The van der Waals surface area contributed by atoms with Crippen molar-refractivity contribution >= 4 is 0 Å². The molecule has 0 bridgehead atoms. The lowest BCUT2D eigenvalue weighted by atomic mass is 9.76. The topological polar surface area (TPSA) is 12.0 Å². The Morgan fingerprint density at radius 2 is 2.11 bits per heavy atom. The Kier molecular flexibility index (Phi) is 3.69. The Labute approximate surface area is 111 Å². The Morgan fingerprint density at radius 1 is 1.22 bits per heavy atom. The van der Waals surface area contributed by atoms with Gasteiger partial charge in [-0.15, -0.1) is 0 Å². The maximum atomic E-state index is 3.60. The highest BCUT2D eigenvalue weighted by molar-refractivity contribution is 5.32. The van der Waals surface area contributed by atoms with Crippen LogP contribution in [0.1, 0.15) is 49.7 Å². The van der Waals surface area contributed by atoms with E-state index in [1.165, 1.54) is 45.2 Å². The summed E-state index contributed by atoms with van der Waals surface area (Å²) < 4.78 is 0. The summed E-state index contributed by atoms with van der Waals surface area (Å²) in [5.74, 6) is 2.58. The SMILES string of the molecule is CC1CNCC(CC2CCCc3ccccc32)C1. The zero-order valence-electron chi connectivity index (χ0n) is 11.5. The Bertz CT molecular complexity index is 398. The van der Waals surface area contributed by atoms with Crippen LogP contribution in [0.5, 0.6) is 0 Å². The lowest BCUT2D eigenvalue weighted by Gasteiger charge is -2.33. The van der Waals surface area contributed by atoms with E-state index < -0.39 is 0 Å². The predicted molar refractivity (Wildman–Crippen MR) is 76.9 cm³/mol. The lowest BCUT2D eigenvalue weighted by molar-refractivity contribution is 0.268. The maximum absolute atomic E-state index is 3.60. The van der Waals surface area contributed by atoms with Crippen LogP contribution >= 0.6 is 0 Å². The number of fused-ring (bicyclic) bond motifs is 1. The summed E-state index contributed by atoms with van der Waals surface area (Å²) in [6, 6.07) is 9.13. The molecule has 1 nitrogen and oxygen atoms in total. The van der Waals surface area contributed by atoms with Crippen LogP contribution < -0.4 is 5.32 Å². The highest BCUT2D eigenvalue weighted by Crippen LogP contribution is 2.37. The summed E-state index contributed by atoms with van der Waals surface area (Å²) >= 11 is 0. The van der Waals surface area contributed by atoms with Crippen molar-refractivity contribution in [2.45, 2.75) is 44.9 Å².